The lowest BCUT2D eigenvalue weighted by atomic mass is 9.98. The minimum Gasteiger partial charge on any atom is -0.345 e. The van der Waals surface area contributed by atoms with E-state index in [-0.39, 0.29) is 19.0 Å². The van der Waals surface area contributed by atoms with Crippen LogP contribution in [-0.4, -0.2) is 73.1 Å². The molecule has 0 aromatic heterocycles. The van der Waals surface area contributed by atoms with Gasteiger partial charge in [0.25, 0.3) is 5.91 Å². The van der Waals surface area contributed by atoms with E-state index in [1.165, 1.54) is 0 Å². The second kappa shape index (κ2) is 9.23. The number of amides is 3. The molecule has 0 saturated carbocycles. The second-order valence-corrected chi connectivity index (χ2v) is 9.50. The number of rotatable bonds is 6. The molecule has 11 heteroatoms. The molecule has 3 aliphatic heterocycles. The van der Waals surface area contributed by atoms with Crippen molar-refractivity contribution in [1.29, 1.82) is 0 Å². The monoisotopic (exact) mass is 477 g/mol. The van der Waals surface area contributed by atoms with Gasteiger partial charge in [0.15, 0.2) is 24.0 Å². The molecule has 34 heavy (non-hydrogen) atoms. The van der Waals surface area contributed by atoms with Crippen LogP contribution in [0.5, 0.6) is 0 Å². The Morgan fingerprint density at radius 3 is 2.24 bits per heavy atom. The van der Waals surface area contributed by atoms with Gasteiger partial charge < -0.3 is 39.6 Å². The molecule has 11 nitrogen and oxygen atoms in total. The molecule has 3 amide bonds. The summed E-state index contributed by atoms with van der Waals surface area (Å²) in [4.78, 5) is 37.2. The smallest absolute Gasteiger partial charge is 0.252 e. The Hall–Kier alpha value is -2.57. The standard InChI is InChI=1S/C23H31N3O8/c1-12-7-6-8-13(9-12)26-15(28)11-24-14(27)10-25-20(29)18-16-17(32-22(2,3)31-16)19-21(30-18)34-23(4,5)33-19/h6-9,16-19,21H,10-11H2,1-5H3,(H,24,27)(H,25,29)(H,26,28)/t16-,17+,18-,19-,21-/m1/s1. The zero-order valence-electron chi connectivity index (χ0n) is 19.9. The van der Waals surface area contributed by atoms with Crippen molar-refractivity contribution in [2.45, 2.75) is 76.9 Å². The molecule has 0 aliphatic carbocycles. The third kappa shape index (κ3) is 5.56. The number of ether oxygens (including phenoxy) is 5. The summed E-state index contributed by atoms with van der Waals surface area (Å²) in [5, 5.41) is 7.71. The zero-order chi connectivity index (χ0) is 24.7. The van der Waals surface area contributed by atoms with Crippen molar-refractivity contribution in [3.8, 4) is 0 Å². The van der Waals surface area contributed by atoms with Crippen molar-refractivity contribution in [3.63, 3.8) is 0 Å². The minimum atomic E-state index is -1.07. The first-order chi connectivity index (χ1) is 15.9. The average Bonchev–Trinajstić information content (AvgIpc) is 3.23. The van der Waals surface area contributed by atoms with Crippen molar-refractivity contribution < 1.29 is 38.1 Å². The van der Waals surface area contributed by atoms with Crippen LogP contribution in [0.1, 0.15) is 33.3 Å². The Labute approximate surface area is 197 Å². The highest BCUT2D eigenvalue weighted by Gasteiger charge is 2.62. The Bertz CT molecular complexity index is 965. The maximum Gasteiger partial charge on any atom is 0.252 e. The molecule has 0 spiro atoms. The normalized spacial score (nSPS) is 30.7. The van der Waals surface area contributed by atoms with Crippen molar-refractivity contribution in [2.24, 2.45) is 0 Å². The van der Waals surface area contributed by atoms with Gasteiger partial charge in [-0.1, -0.05) is 12.1 Å². The Morgan fingerprint density at radius 2 is 1.50 bits per heavy atom. The quantitative estimate of drug-likeness (QED) is 0.541. The average molecular weight is 478 g/mol. The molecule has 3 N–H and O–H groups in total. The molecule has 3 fully saturated rings. The number of hydrogen-bond donors (Lipinski definition) is 3. The van der Waals surface area contributed by atoms with E-state index in [1.54, 1.807) is 33.8 Å². The number of carbonyl (C=O) groups excluding carboxylic acids is 3. The third-order valence-corrected chi connectivity index (χ3v) is 5.58. The third-order valence-electron chi connectivity index (χ3n) is 5.58. The van der Waals surface area contributed by atoms with Crippen LogP contribution in [0.15, 0.2) is 24.3 Å². The summed E-state index contributed by atoms with van der Waals surface area (Å²) in [5.74, 6) is -3.30. The summed E-state index contributed by atoms with van der Waals surface area (Å²) in [5.41, 5.74) is 1.64. The van der Waals surface area contributed by atoms with E-state index in [9.17, 15) is 14.4 Å². The molecule has 186 valence electrons. The first-order valence-electron chi connectivity index (χ1n) is 11.2. The van der Waals surface area contributed by atoms with E-state index in [4.69, 9.17) is 23.7 Å². The van der Waals surface area contributed by atoms with Gasteiger partial charge in [0.2, 0.25) is 11.8 Å². The molecule has 3 aliphatic rings. The molecule has 5 atom stereocenters. The first-order valence-corrected chi connectivity index (χ1v) is 11.2. The van der Waals surface area contributed by atoms with Gasteiger partial charge in [0, 0.05) is 5.69 Å². The topological polar surface area (TPSA) is 133 Å². The summed E-state index contributed by atoms with van der Waals surface area (Å²) >= 11 is 0. The maximum atomic E-state index is 12.9. The largest absolute Gasteiger partial charge is 0.345 e. The van der Waals surface area contributed by atoms with E-state index in [0.29, 0.717) is 5.69 Å². The molecular formula is C23H31N3O8. The number of nitrogens with one attached hydrogen (secondary N) is 3. The fourth-order valence-corrected chi connectivity index (χ4v) is 4.26. The van der Waals surface area contributed by atoms with E-state index in [1.807, 2.05) is 25.1 Å². The molecular weight excluding hydrogens is 446 g/mol. The van der Waals surface area contributed by atoms with Gasteiger partial charge in [-0.25, -0.2) is 0 Å². The molecule has 0 bridgehead atoms. The summed E-state index contributed by atoms with van der Waals surface area (Å²) in [7, 11) is 0. The number of fused-ring (bicyclic) bond motifs is 3. The van der Waals surface area contributed by atoms with Crippen molar-refractivity contribution >= 4 is 23.4 Å². The predicted octanol–water partition coefficient (Wildman–Crippen LogP) is 0.562. The van der Waals surface area contributed by atoms with Gasteiger partial charge in [-0.3, -0.25) is 14.4 Å². The summed E-state index contributed by atoms with van der Waals surface area (Å²) in [6.07, 6.45) is -3.75. The van der Waals surface area contributed by atoms with Crippen molar-refractivity contribution in [3.05, 3.63) is 29.8 Å². The van der Waals surface area contributed by atoms with Gasteiger partial charge in [-0.15, -0.1) is 0 Å². The molecule has 4 rings (SSSR count). The number of anilines is 1. The van der Waals surface area contributed by atoms with Crippen LogP contribution in [0.4, 0.5) is 5.69 Å². The molecule has 3 saturated heterocycles. The number of aryl methyl sites for hydroxylation is 1. The lowest BCUT2D eigenvalue weighted by molar-refractivity contribution is -0.231. The maximum absolute atomic E-state index is 12.9. The van der Waals surface area contributed by atoms with E-state index < -0.39 is 54.1 Å². The van der Waals surface area contributed by atoms with Gasteiger partial charge >= 0.3 is 0 Å². The zero-order valence-corrected chi connectivity index (χ0v) is 19.9. The predicted molar refractivity (Wildman–Crippen MR) is 118 cm³/mol. The molecule has 0 unspecified atom stereocenters. The highest BCUT2D eigenvalue weighted by Crippen LogP contribution is 2.44. The highest BCUT2D eigenvalue weighted by atomic mass is 16.9. The van der Waals surface area contributed by atoms with Crippen LogP contribution in [0, 0.1) is 6.92 Å². The number of hydrogen-bond acceptors (Lipinski definition) is 8. The van der Waals surface area contributed by atoms with Crippen LogP contribution in [0.2, 0.25) is 0 Å². The SMILES string of the molecule is Cc1cccc(NC(=O)CNC(=O)CNC(=O)[C@@H]2O[C@@H]3OC(C)(C)O[C@@H]3[C@H]3OC(C)(C)O[C@H]32)c1. The number of benzene rings is 1. The van der Waals surface area contributed by atoms with Gasteiger partial charge in [0.05, 0.1) is 13.1 Å². The molecule has 3 heterocycles. The molecule has 1 aromatic rings. The van der Waals surface area contributed by atoms with Crippen LogP contribution in [0.3, 0.4) is 0 Å². The molecule has 1 aromatic carbocycles. The highest BCUT2D eigenvalue weighted by molar-refractivity contribution is 5.95. The Kier molecular flexibility index (Phi) is 6.67. The number of carbonyl (C=O) groups is 3. The first kappa shape index (κ1) is 24.6. The minimum absolute atomic E-state index is 0.234. The summed E-state index contributed by atoms with van der Waals surface area (Å²) in [6, 6.07) is 7.31. The van der Waals surface area contributed by atoms with Gasteiger partial charge in [0.1, 0.15) is 18.3 Å². The van der Waals surface area contributed by atoms with Crippen molar-refractivity contribution in [2.75, 3.05) is 18.4 Å². The Morgan fingerprint density at radius 1 is 0.853 bits per heavy atom. The van der Waals surface area contributed by atoms with Crippen LogP contribution < -0.4 is 16.0 Å². The summed E-state index contributed by atoms with van der Waals surface area (Å²) < 4.78 is 29.4. The summed E-state index contributed by atoms with van der Waals surface area (Å²) in [6.45, 7) is 8.32. The van der Waals surface area contributed by atoms with E-state index in [2.05, 4.69) is 16.0 Å². The van der Waals surface area contributed by atoms with Gasteiger partial charge in [-0.05, 0) is 52.3 Å². The fraction of sp³-hybridized carbons (Fsp3) is 0.609. The molecule has 0 radical (unpaired) electrons. The van der Waals surface area contributed by atoms with Gasteiger partial charge in [-0.2, -0.15) is 0 Å². The van der Waals surface area contributed by atoms with Crippen LogP contribution in [0.25, 0.3) is 0 Å². The Balaban J connectivity index is 1.29. The van der Waals surface area contributed by atoms with Crippen molar-refractivity contribution in [1.82, 2.24) is 10.6 Å². The fourth-order valence-electron chi connectivity index (χ4n) is 4.26. The second-order valence-electron chi connectivity index (χ2n) is 9.50. The van der Waals surface area contributed by atoms with E-state index >= 15 is 0 Å². The van der Waals surface area contributed by atoms with E-state index in [0.717, 1.165) is 5.56 Å². The lowest BCUT2D eigenvalue weighted by Crippen LogP contribution is -2.60. The van der Waals surface area contributed by atoms with Crippen LogP contribution >= 0.6 is 0 Å². The van der Waals surface area contributed by atoms with Crippen LogP contribution in [-0.2, 0) is 38.1 Å². The lowest BCUT2D eigenvalue weighted by Gasteiger charge is -2.36.